The third-order valence-corrected chi connectivity index (χ3v) is 5.15. The fourth-order valence-corrected chi connectivity index (χ4v) is 3.60. The van der Waals surface area contributed by atoms with Gasteiger partial charge in [0.05, 0.1) is 0 Å². The molecule has 118 valence electrons. The summed E-state index contributed by atoms with van der Waals surface area (Å²) in [5.41, 5.74) is 6.07. The topological polar surface area (TPSA) is 75.4 Å². The van der Waals surface area contributed by atoms with E-state index in [0.29, 0.717) is 12.6 Å². The minimum Gasteiger partial charge on any atom is -0.399 e. The van der Waals surface area contributed by atoms with Crippen LogP contribution in [-0.4, -0.2) is 39.0 Å². The highest BCUT2D eigenvalue weighted by molar-refractivity contribution is 7.89. The van der Waals surface area contributed by atoms with Gasteiger partial charge in [-0.05, 0) is 44.0 Å². The highest BCUT2D eigenvalue weighted by Crippen LogP contribution is 2.26. The first-order chi connectivity index (χ1) is 9.85. The van der Waals surface area contributed by atoms with Gasteiger partial charge in [0.1, 0.15) is 10.7 Å². The Hall–Kier alpha value is -1.18. The van der Waals surface area contributed by atoms with Crippen LogP contribution in [0.15, 0.2) is 17.0 Å². The van der Waals surface area contributed by atoms with E-state index < -0.39 is 15.8 Å². The van der Waals surface area contributed by atoms with Crippen LogP contribution < -0.4 is 10.5 Å². The number of hydrogen-bond acceptors (Lipinski definition) is 4. The fraction of sp³-hybridized carbons (Fsp3) is 0.571. The van der Waals surface area contributed by atoms with Crippen molar-refractivity contribution >= 4 is 15.7 Å². The van der Waals surface area contributed by atoms with Crippen LogP contribution in [0.3, 0.4) is 0 Å². The standard InChI is InChI=1S/C14H22FN3O2S/c1-3-18(12-4-5-12)7-6-17-21(19,20)13-9-11(16)8-10(2)14(13)15/h8-9,12,17H,3-7,16H2,1-2H3. The predicted molar refractivity (Wildman–Crippen MR) is 81.0 cm³/mol. The number of benzene rings is 1. The van der Waals surface area contributed by atoms with Gasteiger partial charge in [0.25, 0.3) is 0 Å². The van der Waals surface area contributed by atoms with Gasteiger partial charge in [0.15, 0.2) is 0 Å². The highest BCUT2D eigenvalue weighted by Gasteiger charge is 2.28. The Labute approximate surface area is 125 Å². The summed E-state index contributed by atoms with van der Waals surface area (Å²) >= 11 is 0. The Balaban J connectivity index is 2.04. The van der Waals surface area contributed by atoms with Crippen molar-refractivity contribution in [2.75, 3.05) is 25.4 Å². The second-order valence-electron chi connectivity index (χ2n) is 5.41. The summed E-state index contributed by atoms with van der Waals surface area (Å²) in [6, 6.07) is 3.15. The number of nitrogens with one attached hydrogen (secondary N) is 1. The Kier molecular flexibility index (Phi) is 4.85. The Morgan fingerprint density at radius 3 is 2.67 bits per heavy atom. The van der Waals surface area contributed by atoms with E-state index in [2.05, 4.69) is 9.62 Å². The van der Waals surface area contributed by atoms with Crippen molar-refractivity contribution in [3.63, 3.8) is 0 Å². The molecule has 1 aliphatic rings. The normalized spacial score (nSPS) is 15.6. The number of likely N-dealkylation sites (N-methyl/N-ethyl adjacent to an activating group) is 1. The lowest BCUT2D eigenvalue weighted by molar-refractivity contribution is 0.282. The largest absolute Gasteiger partial charge is 0.399 e. The molecule has 1 aromatic carbocycles. The van der Waals surface area contributed by atoms with Crippen molar-refractivity contribution in [1.29, 1.82) is 0 Å². The second-order valence-corrected chi connectivity index (χ2v) is 7.14. The van der Waals surface area contributed by atoms with Gasteiger partial charge in [-0.3, -0.25) is 4.90 Å². The van der Waals surface area contributed by atoms with E-state index in [9.17, 15) is 12.8 Å². The van der Waals surface area contributed by atoms with Crippen LogP contribution in [0.2, 0.25) is 0 Å². The number of nitrogens with two attached hydrogens (primary N) is 1. The molecule has 5 nitrogen and oxygen atoms in total. The number of hydrogen-bond donors (Lipinski definition) is 2. The summed E-state index contributed by atoms with van der Waals surface area (Å²) in [4.78, 5) is 1.85. The molecule has 1 aromatic rings. The molecule has 0 atom stereocenters. The first-order valence-corrected chi connectivity index (χ1v) is 8.62. The summed E-state index contributed by atoms with van der Waals surface area (Å²) < 4.78 is 40.8. The average molecular weight is 315 g/mol. The molecule has 7 heteroatoms. The van der Waals surface area contributed by atoms with E-state index in [1.54, 1.807) is 0 Å². The minimum absolute atomic E-state index is 0.226. The van der Waals surface area contributed by atoms with Gasteiger partial charge in [0.2, 0.25) is 10.0 Å². The van der Waals surface area contributed by atoms with Crippen LogP contribution in [0.25, 0.3) is 0 Å². The van der Waals surface area contributed by atoms with Crippen LogP contribution in [0.5, 0.6) is 0 Å². The molecule has 0 amide bonds. The van der Waals surface area contributed by atoms with E-state index in [0.717, 1.165) is 12.6 Å². The van der Waals surface area contributed by atoms with Crippen LogP contribution in [0.4, 0.5) is 10.1 Å². The van der Waals surface area contributed by atoms with Crippen molar-refractivity contribution in [3.8, 4) is 0 Å². The quantitative estimate of drug-likeness (QED) is 0.747. The van der Waals surface area contributed by atoms with Gasteiger partial charge in [-0.15, -0.1) is 0 Å². The number of anilines is 1. The van der Waals surface area contributed by atoms with Gasteiger partial charge in [-0.1, -0.05) is 6.92 Å². The lowest BCUT2D eigenvalue weighted by atomic mass is 10.2. The summed E-state index contributed by atoms with van der Waals surface area (Å²) in [5, 5.41) is 0. The Morgan fingerprint density at radius 1 is 1.43 bits per heavy atom. The molecule has 21 heavy (non-hydrogen) atoms. The second kappa shape index (κ2) is 6.29. The third kappa shape index (κ3) is 3.93. The molecular weight excluding hydrogens is 293 g/mol. The molecule has 1 aliphatic carbocycles. The van der Waals surface area contributed by atoms with Crippen molar-refractivity contribution in [2.24, 2.45) is 0 Å². The van der Waals surface area contributed by atoms with Crippen LogP contribution in [0.1, 0.15) is 25.3 Å². The number of nitrogens with zero attached hydrogens (tertiary/aromatic N) is 1. The SMILES string of the molecule is CCN(CCNS(=O)(=O)c1cc(N)cc(C)c1F)C1CC1. The molecule has 1 fully saturated rings. The van der Waals surface area contributed by atoms with E-state index in [4.69, 9.17) is 5.73 Å². The lowest BCUT2D eigenvalue weighted by Crippen LogP contribution is -2.36. The summed E-state index contributed by atoms with van der Waals surface area (Å²) in [7, 11) is -3.88. The van der Waals surface area contributed by atoms with Crippen molar-refractivity contribution < 1.29 is 12.8 Å². The van der Waals surface area contributed by atoms with E-state index in [1.807, 2.05) is 6.92 Å². The summed E-state index contributed by atoms with van der Waals surface area (Å²) in [6.45, 7) is 5.33. The zero-order chi connectivity index (χ0) is 15.6. The van der Waals surface area contributed by atoms with Crippen LogP contribution >= 0.6 is 0 Å². The van der Waals surface area contributed by atoms with Gasteiger partial charge in [0, 0.05) is 24.8 Å². The monoisotopic (exact) mass is 315 g/mol. The molecule has 0 radical (unpaired) electrons. The molecule has 0 unspecified atom stereocenters. The first kappa shape index (κ1) is 16.2. The molecule has 0 aliphatic heterocycles. The van der Waals surface area contributed by atoms with E-state index >= 15 is 0 Å². The first-order valence-electron chi connectivity index (χ1n) is 7.14. The van der Waals surface area contributed by atoms with Crippen LogP contribution in [0, 0.1) is 12.7 Å². The Bertz CT molecular complexity index is 615. The number of rotatable bonds is 7. The molecule has 1 saturated carbocycles. The molecule has 3 N–H and O–H groups in total. The molecule has 0 spiro atoms. The average Bonchev–Trinajstić information content (AvgIpc) is 3.23. The molecule has 0 saturated heterocycles. The number of aryl methyl sites for hydroxylation is 1. The third-order valence-electron chi connectivity index (χ3n) is 3.69. The lowest BCUT2D eigenvalue weighted by Gasteiger charge is -2.20. The van der Waals surface area contributed by atoms with Gasteiger partial charge in [-0.25, -0.2) is 17.5 Å². The minimum atomic E-state index is -3.88. The van der Waals surface area contributed by atoms with Gasteiger partial charge >= 0.3 is 0 Å². The molecule has 0 heterocycles. The summed E-state index contributed by atoms with van der Waals surface area (Å²) in [5.74, 6) is -0.744. The van der Waals surface area contributed by atoms with Gasteiger partial charge < -0.3 is 5.73 Å². The number of halogens is 1. The van der Waals surface area contributed by atoms with E-state index in [-0.39, 0.29) is 22.7 Å². The maximum Gasteiger partial charge on any atom is 0.243 e. The predicted octanol–water partition coefficient (Wildman–Crippen LogP) is 1.48. The maximum atomic E-state index is 14.0. The molecule has 2 rings (SSSR count). The highest BCUT2D eigenvalue weighted by atomic mass is 32.2. The van der Waals surface area contributed by atoms with E-state index in [1.165, 1.54) is 25.8 Å². The number of sulfonamides is 1. The molecular formula is C14H22FN3O2S. The number of nitrogen functional groups attached to an aromatic ring is 1. The van der Waals surface area contributed by atoms with Crippen molar-refractivity contribution in [2.45, 2.75) is 37.6 Å². The zero-order valence-electron chi connectivity index (χ0n) is 12.4. The molecule has 0 aromatic heterocycles. The van der Waals surface area contributed by atoms with Crippen molar-refractivity contribution in [3.05, 3.63) is 23.5 Å². The maximum absolute atomic E-state index is 14.0. The Morgan fingerprint density at radius 2 is 2.10 bits per heavy atom. The van der Waals surface area contributed by atoms with Crippen molar-refractivity contribution in [1.82, 2.24) is 9.62 Å². The smallest absolute Gasteiger partial charge is 0.243 e. The van der Waals surface area contributed by atoms with Gasteiger partial charge in [-0.2, -0.15) is 0 Å². The summed E-state index contributed by atoms with van der Waals surface area (Å²) in [6.07, 6.45) is 2.34. The van der Waals surface area contributed by atoms with Crippen LogP contribution in [-0.2, 0) is 10.0 Å². The fourth-order valence-electron chi connectivity index (χ4n) is 2.40. The molecule has 0 bridgehead atoms. The zero-order valence-corrected chi connectivity index (χ0v) is 13.2.